The fourth-order valence-corrected chi connectivity index (χ4v) is 3.19. The van der Waals surface area contributed by atoms with Crippen LogP contribution in [0, 0.1) is 0 Å². The van der Waals surface area contributed by atoms with Crippen LogP contribution in [0.5, 0.6) is 0 Å². The minimum atomic E-state index is 0.463. The van der Waals surface area contributed by atoms with Crippen LogP contribution in [0.4, 0.5) is 0 Å². The summed E-state index contributed by atoms with van der Waals surface area (Å²) < 4.78 is 6.05. The van der Waals surface area contributed by atoms with Crippen LogP contribution in [0.1, 0.15) is 25.3 Å². The van der Waals surface area contributed by atoms with Crippen molar-refractivity contribution < 1.29 is 4.42 Å². The largest absolute Gasteiger partial charge is 0.456 e. The minimum absolute atomic E-state index is 0.463. The molecule has 3 aromatic carbocycles. The third kappa shape index (κ3) is 1.50. The van der Waals surface area contributed by atoms with Crippen LogP contribution in [0.3, 0.4) is 0 Å². The molecule has 0 amide bonds. The Morgan fingerprint density at radius 3 is 2.30 bits per heavy atom. The van der Waals surface area contributed by atoms with Crippen molar-refractivity contribution in [3.8, 4) is 0 Å². The topological polar surface area (TPSA) is 13.1 Å². The van der Waals surface area contributed by atoms with Gasteiger partial charge in [-0.05, 0) is 34.4 Å². The van der Waals surface area contributed by atoms with Crippen molar-refractivity contribution >= 4 is 32.7 Å². The lowest BCUT2D eigenvalue weighted by Crippen LogP contribution is -1.91. The van der Waals surface area contributed by atoms with Gasteiger partial charge in [0.2, 0.25) is 0 Å². The second-order valence-electron chi connectivity index (χ2n) is 5.64. The van der Waals surface area contributed by atoms with Crippen LogP contribution in [0.15, 0.2) is 59.0 Å². The van der Waals surface area contributed by atoms with E-state index in [1.165, 1.54) is 27.1 Å². The monoisotopic (exact) mass is 260 g/mol. The molecular weight excluding hydrogens is 244 g/mol. The Hall–Kier alpha value is -2.28. The van der Waals surface area contributed by atoms with Crippen molar-refractivity contribution in [3.63, 3.8) is 0 Å². The maximum atomic E-state index is 6.05. The molecule has 4 aromatic rings. The molecule has 0 fully saturated rings. The molecule has 4 rings (SSSR count). The van der Waals surface area contributed by atoms with E-state index in [0.29, 0.717) is 5.92 Å². The molecule has 0 aliphatic heterocycles. The number of hydrogen-bond donors (Lipinski definition) is 0. The molecule has 0 aliphatic rings. The van der Waals surface area contributed by atoms with Crippen LogP contribution >= 0.6 is 0 Å². The van der Waals surface area contributed by atoms with Gasteiger partial charge in [-0.15, -0.1) is 0 Å². The Morgan fingerprint density at radius 2 is 1.50 bits per heavy atom. The molecule has 0 saturated carbocycles. The molecule has 0 aliphatic carbocycles. The molecule has 20 heavy (non-hydrogen) atoms. The van der Waals surface area contributed by atoms with Gasteiger partial charge in [0.1, 0.15) is 11.2 Å². The lowest BCUT2D eigenvalue weighted by molar-refractivity contribution is 0.669. The molecule has 1 nitrogen and oxygen atoms in total. The van der Waals surface area contributed by atoms with Crippen LogP contribution < -0.4 is 0 Å². The summed E-state index contributed by atoms with van der Waals surface area (Å²) in [5.74, 6) is 0.463. The van der Waals surface area contributed by atoms with Crippen molar-refractivity contribution in [2.45, 2.75) is 19.8 Å². The number of fused-ring (bicyclic) bond motifs is 4. The first kappa shape index (κ1) is 11.5. The molecule has 0 saturated heterocycles. The lowest BCUT2D eigenvalue weighted by Gasteiger charge is -2.12. The van der Waals surface area contributed by atoms with Crippen molar-refractivity contribution in [1.82, 2.24) is 0 Å². The molecule has 0 radical (unpaired) electrons. The molecule has 0 unspecified atom stereocenters. The van der Waals surface area contributed by atoms with E-state index in [9.17, 15) is 0 Å². The van der Waals surface area contributed by atoms with E-state index >= 15 is 0 Å². The summed E-state index contributed by atoms with van der Waals surface area (Å²) in [6.07, 6.45) is 0. The van der Waals surface area contributed by atoms with Crippen molar-refractivity contribution in [2.24, 2.45) is 0 Å². The molecule has 1 heterocycles. The highest BCUT2D eigenvalue weighted by molar-refractivity contribution is 6.13. The summed E-state index contributed by atoms with van der Waals surface area (Å²) in [4.78, 5) is 0. The summed E-state index contributed by atoms with van der Waals surface area (Å²) in [6, 6.07) is 19.0. The van der Waals surface area contributed by atoms with Gasteiger partial charge in [0.15, 0.2) is 0 Å². The van der Waals surface area contributed by atoms with Crippen LogP contribution in [-0.4, -0.2) is 0 Å². The average Bonchev–Trinajstić information content (AvgIpc) is 2.82. The highest BCUT2D eigenvalue weighted by Crippen LogP contribution is 2.39. The van der Waals surface area contributed by atoms with Crippen molar-refractivity contribution in [3.05, 3.63) is 60.2 Å². The quantitative estimate of drug-likeness (QED) is 0.417. The van der Waals surface area contributed by atoms with Gasteiger partial charge in [-0.25, -0.2) is 0 Å². The predicted molar refractivity (Wildman–Crippen MR) is 85.3 cm³/mol. The van der Waals surface area contributed by atoms with Crippen molar-refractivity contribution in [1.29, 1.82) is 0 Å². The number of hydrogen-bond acceptors (Lipinski definition) is 1. The third-order valence-corrected chi connectivity index (χ3v) is 4.01. The number of rotatable bonds is 1. The zero-order valence-corrected chi connectivity index (χ0v) is 11.7. The Kier molecular flexibility index (Phi) is 2.37. The second kappa shape index (κ2) is 4.11. The Labute approximate surface area is 117 Å². The molecule has 0 N–H and O–H groups in total. The summed E-state index contributed by atoms with van der Waals surface area (Å²) in [6.45, 7) is 4.51. The van der Waals surface area contributed by atoms with E-state index in [4.69, 9.17) is 4.42 Å². The van der Waals surface area contributed by atoms with Gasteiger partial charge >= 0.3 is 0 Å². The summed E-state index contributed by atoms with van der Waals surface area (Å²) in [7, 11) is 0. The highest BCUT2D eigenvalue weighted by Gasteiger charge is 2.16. The SMILES string of the molecule is CC(C)c1c2ccccc2cc2oc3ccccc3c12. The molecule has 0 bridgehead atoms. The molecule has 1 heteroatoms. The van der Waals surface area contributed by atoms with Gasteiger partial charge in [0.05, 0.1) is 0 Å². The van der Waals surface area contributed by atoms with Crippen LogP contribution in [0.2, 0.25) is 0 Å². The number of benzene rings is 3. The number of furan rings is 1. The summed E-state index contributed by atoms with van der Waals surface area (Å²) in [5, 5.41) is 5.08. The van der Waals surface area contributed by atoms with Gasteiger partial charge in [0, 0.05) is 10.8 Å². The maximum absolute atomic E-state index is 6.05. The summed E-state index contributed by atoms with van der Waals surface area (Å²) in [5.41, 5.74) is 3.36. The van der Waals surface area contributed by atoms with Crippen molar-refractivity contribution in [2.75, 3.05) is 0 Å². The number of para-hydroxylation sites is 1. The van der Waals surface area contributed by atoms with E-state index in [-0.39, 0.29) is 0 Å². The maximum Gasteiger partial charge on any atom is 0.136 e. The molecule has 98 valence electrons. The van der Waals surface area contributed by atoms with Gasteiger partial charge in [0.25, 0.3) is 0 Å². The highest BCUT2D eigenvalue weighted by atomic mass is 16.3. The van der Waals surface area contributed by atoms with Crippen LogP contribution in [0.25, 0.3) is 32.7 Å². The minimum Gasteiger partial charge on any atom is -0.456 e. The normalized spacial score (nSPS) is 11.9. The standard InChI is InChI=1S/C19H16O/c1-12(2)18-14-8-4-3-7-13(14)11-17-19(18)15-9-5-6-10-16(15)20-17/h3-12H,1-2H3. The Balaban J connectivity index is 2.33. The van der Waals surface area contributed by atoms with Gasteiger partial charge in [-0.2, -0.15) is 0 Å². The first-order chi connectivity index (χ1) is 9.75. The fraction of sp³-hybridized carbons (Fsp3) is 0.158. The van der Waals surface area contributed by atoms with E-state index in [1.54, 1.807) is 0 Å². The van der Waals surface area contributed by atoms with E-state index in [1.807, 2.05) is 12.1 Å². The third-order valence-electron chi connectivity index (χ3n) is 4.01. The second-order valence-corrected chi connectivity index (χ2v) is 5.64. The lowest BCUT2D eigenvalue weighted by atomic mass is 9.91. The Bertz CT molecular complexity index is 928. The van der Waals surface area contributed by atoms with Crippen LogP contribution in [-0.2, 0) is 0 Å². The van der Waals surface area contributed by atoms with E-state index in [0.717, 1.165) is 11.2 Å². The predicted octanol–water partition coefficient (Wildman–Crippen LogP) is 5.86. The van der Waals surface area contributed by atoms with E-state index in [2.05, 4.69) is 56.3 Å². The van der Waals surface area contributed by atoms with Gasteiger partial charge in [-0.3, -0.25) is 0 Å². The average molecular weight is 260 g/mol. The van der Waals surface area contributed by atoms with E-state index < -0.39 is 0 Å². The first-order valence-electron chi connectivity index (χ1n) is 7.08. The molecular formula is C19H16O. The zero-order chi connectivity index (χ0) is 13.7. The fourth-order valence-electron chi connectivity index (χ4n) is 3.19. The van der Waals surface area contributed by atoms with Gasteiger partial charge < -0.3 is 4.42 Å². The first-order valence-corrected chi connectivity index (χ1v) is 7.08. The molecule has 1 aromatic heterocycles. The van der Waals surface area contributed by atoms with Gasteiger partial charge in [-0.1, -0.05) is 56.3 Å². The molecule has 0 atom stereocenters. The summed E-state index contributed by atoms with van der Waals surface area (Å²) >= 11 is 0. The zero-order valence-electron chi connectivity index (χ0n) is 11.7. The smallest absolute Gasteiger partial charge is 0.136 e. The molecule has 0 spiro atoms. The Morgan fingerprint density at radius 1 is 0.800 bits per heavy atom.